The molecular formula is C28H30FN7O2. The van der Waals surface area contributed by atoms with Gasteiger partial charge in [0.05, 0.1) is 30.7 Å². The van der Waals surface area contributed by atoms with Gasteiger partial charge in [0.2, 0.25) is 0 Å². The van der Waals surface area contributed by atoms with Crippen molar-refractivity contribution in [3.63, 3.8) is 0 Å². The topological polar surface area (TPSA) is 101 Å². The summed E-state index contributed by atoms with van der Waals surface area (Å²) >= 11 is 0. The number of aromatic nitrogens is 5. The monoisotopic (exact) mass is 515 g/mol. The van der Waals surface area contributed by atoms with E-state index in [1.54, 1.807) is 24.4 Å². The van der Waals surface area contributed by atoms with Gasteiger partial charge >= 0.3 is 0 Å². The van der Waals surface area contributed by atoms with E-state index in [0.29, 0.717) is 23.9 Å². The third-order valence-corrected chi connectivity index (χ3v) is 7.04. The number of anilines is 3. The number of rotatable bonds is 8. The quantitative estimate of drug-likeness (QED) is 0.349. The molecule has 0 unspecified atom stereocenters. The van der Waals surface area contributed by atoms with Gasteiger partial charge in [-0.25, -0.2) is 19.3 Å². The number of aliphatic hydroxyl groups excluding tert-OH is 1. The van der Waals surface area contributed by atoms with Crippen LogP contribution in [0.1, 0.15) is 25.7 Å². The highest BCUT2D eigenvalue weighted by molar-refractivity contribution is 5.80. The molecule has 2 fully saturated rings. The lowest BCUT2D eigenvalue weighted by Gasteiger charge is -2.33. The second-order valence-electron chi connectivity index (χ2n) is 9.93. The highest BCUT2D eigenvalue weighted by Crippen LogP contribution is 2.36. The number of β-amino-alcohol motifs (C(OH)–C–C–N with tert-alkyl or cyclic N) is 1. The lowest BCUT2D eigenvalue weighted by atomic mass is 10.0. The molecule has 6 rings (SSSR count). The molecule has 0 radical (unpaired) electrons. The van der Waals surface area contributed by atoms with Crippen molar-refractivity contribution >= 4 is 17.3 Å². The molecule has 1 atom stereocenters. The molecule has 1 saturated carbocycles. The van der Waals surface area contributed by atoms with Crippen molar-refractivity contribution in [2.75, 3.05) is 30.4 Å². The normalized spacial score (nSPS) is 17.4. The minimum Gasteiger partial charge on any atom is -0.496 e. The second-order valence-corrected chi connectivity index (χ2v) is 9.93. The van der Waals surface area contributed by atoms with Crippen LogP contribution in [-0.2, 0) is 6.54 Å². The molecule has 0 spiro atoms. The maximum Gasteiger partial charge on any atom is 0.168 e. The van der Waals surface area contributed by atoms with Crippen molar-refractivity contribution in [2.24, 2.45) is 5.92 Å². The number of pyridine rings is 1. The van der Waals surface area contributed by atoms with Crippen molar-refractivity contribution in [1.29, 1.82) is 0 Å². The number of nitrogens with zero attached hydrogens (tertiary/aromatic N) is 6. The highest BCUT2D eigenvalue weighted by atomic mass is 19.1. The minimum atomic E-state index is -0.461. The molecule has 9 nitrogen and oxygen atoms in total. The third kappa shape index (κ3) is 5.17. The summed E-state index contributed by atoms with van der Waals surface area (Å²) in [5, 5.41) is 18.2. The molecule has 1 aliphatic heterocycles. The summed E-state index contributed by atoms with van der Waals surface area (Å²) in [5.74, 6) is 1.90. The van der Waals surface area contributed by atoms with Crippen LogP contribution in [0.15, 0.2) is 55.1 Å². The van der Waals surface area contributed by atoms with Crippen LogP contribution in [0.25, 0.3) is 22.5 Å². The number of hydrogen-bond donors (Lipinski definition) is 2. The summed E-state index contributed by atoms with van der Waals surface area (Å²) in [5.41, 5.74) is 3.13. The summed E-state index contributed by atoms with van der Waals surface area (Å²) in [6, 6.07) is 8.29. The predicted molar refractivity (Wildman–Crippen MR) is 143 cm³/mol. The Labute approximate surface area is 220 Å². The van der Waals surface area contributed by atoms with Gasteiger partial charge in [0.15, 0.2) is 5.82 Å². The van der Waals surface area contributed by atoms with Crippen LogP contribution >= 0.6 is 0 Å². The van der Waals surface area contributed by atoms with Gasteiger partial charge in [0.25, 0.3) is 0 Å². The Bertz CT molecular complexity index is 1440. The first-order valence-corrected chi connectivity index (χ1v) is 13.0. The average molecular weight is 516 g/mol. The van der Waals surface area contributed by atoms with E-state index in [9.17, 15) is 9.50 Å². The minimum absolute atomic E-state index is 0.202. The van der Waals surface area contributed by atoms with Crippen LogP contribution < -0.4 is 15.0 Å². The molecule has 38 heavy (non-hydrogen) atoms. The van der Waals surface area contributed by atoms with Crippen molar-refractivity contribution in [3.05, 3.63) is 60.9 Å². The van der Waals surface area contributed by atoms with E-state index in [1.165, 1.54) is 26.0 Å². The molecule has 3 aromatic heterocycles. The number of nitrogens with one attached hydrogen (secondary N) is 1. The zero-order valence-corrected chi connectivity index (χ0v) is 21.2. The van der Waals surface area contributed by atoms with E-state index < -0.39 is 5.82 Å². The molecule has 1 aliphatic carbocycles. The summed E-state index contributed by atoms with van der Waals surface area (Å²) in [4.78, 5) is 15.7. The van der Waals surface area contributed by atoms with Gasteiger partial charge in [-0.3, -0.25) is 4.68 Å². The smallest absolute Gasteiger partial charge is 0.168 e. The first-order valence-electron chi connectivity index (χ1n) is 13.0. The van der Waals surface area contributed by atoms with Crippen LogP contribution in [-0.4, -0.2) is 56.1 Å². The fourth-order valence-electron chi connectivity index (χ4n) is 4.91. The summed E-state index contributed by atoms with van der Waals surface area (Å²) < 4.78 is 22.0. The molecule has 196 valence electrons. The van der Waals surface area contributed by atoms with Gasteiger partial charge in [-0.15, -0.1) is 0 Å². The van der Waals surface area contributed by atoms with E-state index in [4.69, 9.17) is 4.74 Å². The van der Waals surface area contributed by atoms with Crippen LogP contribution in [0.4, 0.5) is 21.7 Å². The number of hydrogen-bond acceptors (Lipinski definition) is 8. The summed E-state index contributed by atoms with van der Waals surface area (Å²) in [6.07, 6.45) is 11.2. The number of halogens is 1. The zero-order chi connectivity index (χ0) is 26.1. The summed E-state index contributed by atoms with van der Waals surface area (Å²) in [6.45, 7) is 2.33. The lowest BCUT2D eigenvalue weighted by molar-refractivity contribution is 0.154. The van der Waals surface area contributed by atoms with Crippen LogP contribution in [0, 0.1) is 11.7 Å². The largest absolute Gasteiger partial charge is 0.496 e. The highest BCUT2D eigenvalue weighted by Gasteiger charge is 2.24. The molecule has 0 amide bonds. The number of benzene rings is 1. The average Bonchev–Trinajstić information content (AvgIpc) is 3.62. The molecule has 4 heterocycles. The maximum atomic E-state index is 14.6. The number of aliphatic hydroxyl groups is 1. The van der Waals surface area contributed by atoms with Gasteiger partial charge in [0.1, 0.15) is 23.2 Å². The van der Waals surface area contributed by atoms with Gasteiger partial charge < -0.3 is 20.1 Å². The molecule has 2 N–H and O–H groups in total. The molecule has 4 aromatic rings. The zero-order valence-electron chi connectivity index (χ0n) is 21.2. The van der Waals surface area contributed by atoms with Crippen LogP contribution in [0.5, 0.6) is 5.75 Å². The van der Waals surface area contributed by atoms with Gasteiger partial charge in [-0.1, -0.05) is 6.07 Å². The summed E-state index contributed by atoms with van der Waals surface area (Å²) in [7, 11) is 1.49. The third-order valence-electron chi connectivity index (χ3n) is 7.04. The van der Waals surface area contributed by atoms with E-state index in [0.717, 1.165) is 48.7 Å². The van der Waals surface area contributed by atoms with Gasteiger partial charge in [-0.05, 0) is 49.8 Å². The second kappa shape index (κ2) is 10.4. The predicted octanol–water partition coefficient (Wildman–Crippen LogP) is 4.66. The van der Waals surface area contributed by atoms with E-state index in [-0.39, 0.29) is 17.5 Å². The van der Waals surface area contributed by atoms with E-state index >= 15 is 0 Å². The van der Waals surface area contributed by atoms with Crippen molar-refractivity contribution in [2.45, 2.75) is 38.3 Å². The van der Waals surface area contributed by atoms with Crippen molar-refractivity contribution < 1.29 is 14.2 Å². The van der Waals surface area contributed by atoms with Crippen molar-refractivity contribution in [3.8, 4) is 28.3 Å². The van der Waals surface area contributed by atoms with Crippen LogP contribution in [0.2, 0.25) is 0 Å². The first kappa shape index (κ1) is 24.3. The molecule has 10 heteroatoms. The fraction of sp³-hybridized carbons (Fsp3) is 0.357. The molecular weight excluding hydrogens is 485 g/mol. The SMILES string of the molecule is COc1cccc(F)c1-c1nccc(Nc2cc(N3CCC[C@H](O)C3)c(-c3cnn(CC4CC4)c3)cn2)n1. The number of methoxy groups -OCH3 is 1. The molecule has 1 aromatic carbocycles. The Morgan fingerprint density at radius 2 is 2.03 bits per heavy atom. The fourth-order valence-corrected chi connectivity index (χ4v) is 4.91. The van der Waals surface area contributed by atoms with Crippen molar-refractivity contribution in [1.82, 2.24) is 24.7 Å². The standard InChI is InChI=1S/C28H30FN7O2/c1-38-24-6-2-5-22(29)27(24)28-30-10-9-25(34-28)33-26-12-23(35-11-3-4-20(37)17-35)21(14-31-26)19-13-32-36(16-19)15-18-7-8-18/h2,5-6,9-10,12-14,16,18,20,37H,3-4,7-8,11,15,17H2,1H3,(H,30,31,33,34)/t20-/m0/s1. The maximum absolute atomic E-state index is 14.6. The molecule has 0 bridgehead atoms. The van der Waals surface area contributed by atoms with Gasteiger partial charge in [0, 0.05) is 55.4 Å². The van der Waals surface area contributed by atoms with E-state index in [2.05, 4.69) is 36.5 Å². The number of piperidine rings is 1. The lowest BCUT2D eigenvalue weighted by Crippen LogP contribution is -2.38. The molecule has 2 aliphatic rings. The molecule has 1 saturated heterocycles. The Morgan fingerprint density at radius 3 is 2.84 bits per heavy atom. The van der Waals surface area contributed by atoms with Gasteiger partial charge in [-0.2, -0.15) is 5.10 Å². The first-order chi connectivity index (χ1) is 18.6. The number of ether oxygens (including phenoxy) is 1. The Kier molecular flexibility index (Phi) is 6.63. The Morgan fingerprint density at radius 1 is 1.13 bits per heavy atom. The van der Waals surface area contributed by atoms with Crippen LogP contribution in [0.3, 0.4) is 0 Å². The Hall–Kier alpha value is -4.05. The van der Waals surface area contributed by atoms with E-state index in [1.807, 2.05) is 23.1 Å². The Balaban J connectivity index is 1.32.